The summed E-state index contributed by atoms with van der Waals surface area (Å²) in [6.45, 7) is 6.51. The van der Waals surface area contributed by atoms with Crippen molar-refractivity contribution in [1.82, 2.24) is 9.78 Å². The first-order valence-corrected chi connectivity index (χ1v) is 3.21. The summed E-state index contributed by atoms with van der Waals surface area (Å²) in [5.74, 6) is 0.771. The number of rotatable bonds is 2. The van der Waals surface area contributed by atoms with E-state index < -0.39 is 0 Å². The third kappa shape index (κ3) is 1.12. The summed E-state index contributed by atoms with van der Waals surface area (Å²) >= 11 is 0. The quantitative estimate of drug-likeness (QED) is 0.613. The molecule has 3 nitrogen and oxygen atoms in total. The van der Waals surface area contributed by atoms with Crippen LogP contribution in [-0.2, 0) is 6.54 Å². The van der Waals surface area contributed by atoms with Gasteiger partial charge in [-0.2, -0.15) is 5.10 Å². The monoisotopic (exact) mass is 139 g/mol. The number of aromatic nitrogens is 2. The molecule has 0 spiro atoms. The van der Waals surface area contributed by atoms with E-state index in [1.54, 1.807) is 11.8 Å². The van der Waals surface area contributed by atoms with Crippen molar-refractivity contribution in [2.24, 2.45) is 0 Å². The molecule has 0 bridgehead atoms. The van der Waals surface area contributed by atoms with Gasteiger partial charge in [-0.15, -0.1) is 0 Å². The van der Waals surface area contributed by atoms with Gasteiger partial charge >= 0.3 is 0 Å². The molecule has 0 unspecified atom stereocenters. The molecule has 0 aliphatic rings. The maximum Gasteiger partial charge on any atom is 0.211 e. The lowest BCUT2D eigenvalue weighted by Crippen LogP contribution is -1.99. The first-order valence-electron chi connectivity index (χ1n) is 3.21. The van der Waals surface area contributed by atoms with Crippen molar-refractivity contribution in [3.05, 3.63) is 18.7 Å². The Morgan fingerprint density at radius 1 is 1.80 bits per heavy atom. The van der Waals surface area contributed by atoms with Crippen LogP contribution in [0.2, 0.25) is 0 Å². The molecule has 1 rings (SSSR count). The first kappa shape index (κ1) is 7.12. The summed E-state index contributed by atoms with van der Waals surface area (Å²) in [5.41, 5.74) is 0.749. The molecule has 0 N–H and O–H groups in total. The molecule has 0 amide bonds. The molecule has 1 aromatic rings. The zero-order valence-electron chi connectivity index (χ0n) is 6.29. The number of hydrogen-bond acceptors (Lipinski definition) is 2. The second-order valence-corrected chi connectivity index (χ2v) is 1.99. The fourth-order valence-corrected chi connectivity index (χ4v) is 0.841. The normalized spacial score (nSPS) is 9.90. The van der Waals surface area contributed by atoms with E-state index in [4.69, 9.17) is 4.74 Å². The second-order valence-electron chi connectivity index (χ2n) is 1.99. The molecule has 1 aromatic heterocycles. The molecular weight excluding hydrogens is 128 g/mol. The fourth-order valence-electron chi connectivity index (χ4n) is 0.841. The molecule has 0 fully saturated rings. The summed E-state index contributed by atoms with van der Waals surface area (Å²) in [6, 6.07) is 1.81. The maximum absolute atomic E-state index is 5.02. The van der Waals surface area contributed by atoms with Crippen LogP contribution < -0.4 is 4.74 Å². The van der Waals surface area contributed by atoms with Crippen molar-refractivity contribution in [3.63, 3.8) is 0 Å². The Labute approximate surface area is 60.6 Å². The van der Waals surface area contributed by atoms with Gasteiger partial charge in [0.2, 0.25) is 5.88 Å². The van der Waals surface area contributed by atoms with Crippen LogP contribution in [0.25, 0.3) is 0 Å². The van der Waals surface area contributed by atoms with Crippen LogP contribution >= 0.6 is 0 Å². The lowest BCUT2D eigenvalue weighted by molar-refractivity contribution is 0.364. The van der Waals surface area contributed by atoms with E-state index in [9.17, 15) is 0 Å². The lowest BCUT2D eigenvalue weighted by Gasteiger charge is -1.99. The summed E-state index contributed by atoms with van der Waals surface area (Å²) in [5, 5.41) is 4.08. The minimum absolute atomic E-state index is 0.749. The molecule has 55 valence electrons. The maximum atomic E-state index is 5.02. The molecule has 10 heavy (non-hydrogen) atoms. The van der Waals surface area contributed by atoms with E-state index in [1.165, 1.54) is 0 Å². The predicted molar refractivity (Wildman–Crippen MR) is 38.9 cm³/mol. The van der Waals surface area contributed by atoms with Crippen LogP contribution in [0.1, 0.15) is 12.6 Å². The topological polar surface area (TPSA) is 27.1 Å². The van der Waals surface area contributed by atoms with Crippen LogP contribution in [0, 0.1) is 6.92 Å². The Morgan fingerprint density at radius 3 is 2.90 bits per heavy atom. The third-order valence-corrected chi connectivity index (χ3v) is 1.30. The van der Waals surface area contributed by atoms with Gasteiger partial charge in [-0.3, -0.25) is 0 Å². The minimum Gasteiger partial charge on any atom is -0.481 e. The second kappa shape index (κ2) is 2.73. The van der Waals surface area contributed by atoms with E-state index >= 15 is 0 Å². The molecule has 1 radical (unpaired) electrons. The van der Waals surface area contributed by atoms with Crippen LogP contribution in [0.3, 0.4) is 0 Å². The molecule has 0 aliphatic heterocycles. The van der Waals surface area contributed by atoms with Gasteiger partial charge in [0.1, 0.15) is 0 Å². The smallest absolute Gasteiger partial charge is 0.211 e. The van der Waals surface area contributed by atoms with Crippen molar-refractivity contribution in [3.8, 4) is 5.88 Å². The Hall–Kier alpha value is -0.990. The summed E-state index contributed by atoms with van der Waals surface area (Å²) < 4.78 is 6.78. The Morgan fingerprint density at radius 2 is 2.50 bits per heavy atom. The minimum atomic E-state index is 0.749. The average Bonchev–Trinajstić information content (AvgIpc) is 2.30. The van der Waals surface area contributed by atoms with Gasteiger partial charge < -0.3 is 4.74 Å². The Balaban J connectivity index is 2.96. The SMILES string of the molecule is [CH2]c1cc(OC)n(CC)n1. The number of nitrogens with zero attached hydrogens (tertiary/aromatic N) is 2. The van der Waals surface area contributed by atoms with Gasteiger partial charge in [-0.1, -0.05) is 0 Å². The molecule has 0 aromatic carbocycles. The van der Waals surface area contributed by atoms with Gasteiger partial charge in [0.05, 0.1) is 12.8 Å². The summed E-state index contributed by atoms with van der Waals surface area (Å²) in [7, 11) is 1.63. The zero-order valence-corrected chi connectivity index (χ0v) is 6.29. The van der Waals surface area contributed by atoms with E-state index in [0.29, 0.717) is 0 Å². The highest BCUT2D eigenvalue weighted by atomic mass is 16.5. The van der Waals surface area contributed by atoms with E-state index in [-0.39, 0.29) is 0 Å². The number of ether oxygens (including phenoxy) is 1. The molecule has 3 heteroatoms. The molecule has 0 aliphatic carbocycles. The van der Waals surface area contributed by atoms with Crippen molar-refractivity contribution in [2.45, 2.75) is 13.5 Å². The van der Waals surface area contributed by atoms with E-state index in [2.05, 4.69) is 12.0 Å². The standard InChI is InChI=1S/C7H11N2O/c1-4-9-7(10-3)5-6(2)8-9/h5H,2,4H2,1,3H3. The highest BCUT2D eigenvalue weighted by Gasteiger charge is 2.00. The Bertz CT molecular complexity index is 196. The van der Waals surface area contributed by atoms with E-state index in [0.717, 1.165) is 18.1 Å². The molecule has 0 saturated heterocycles. The number of aryl methyl sites for hydroxylation is 1. The molecule has 0 atom stereocenters. The largest absolute Gasteiger partial charge is 0.481 e. The van der Waals surface area contributed by atoms with Crippen LogP contribution in [0.5, 0.6) is 5.88 Å². The Kier molecular flexibility index (Phi) is 1.94. The van der Waals surface area contributed by atoms with Gasteiger partial charge in [0.25, 0.3) is 0 Å². The van der Waals surface area contributed by atoms with E-state index in [1.807, 2.05) is 13.0 Å². The van der Waals surface area contributed by atoms with Crippen molar-refractivity contribution in [2.75, 3.05) is 7.11 Å². The third-order valence-electron chi connectivity index (χ3n) is 1.30. The number of hydrogen-bond donors (Lipinski definition) is 0. The lowest BCUT2D eigenvalue weighted by atomic mass is 10.5. The zero-order chi connectivity index (χ0) is 7.56. The summed E-state index contributed by atoms with van der Waals surface area (Å²) in [6.07, 6.45) is 0. The molecule has 1 heterocycles. The van der Waals surface area contributed by atoms with Crippen LogP contribution in [0.4, 0.5) is 0 Å². The van der Waals surface area contributed by atoms with Gasteiger partial charge in [-0.05, 0) is 13.8 Å². The van der Waals surface area contributed by atoms with Crippen LogP contribution in [-0.4, -0.2) is 16.9 Å². The summed E-state index contributed by atoms with van der Waals surface area (Å²) in [4.78, 5) is 0. The average molecular weight is 139 g/mol. The highest BCUT2D eigenvalue weighted by molar-refractivity contribution is 5.17. The van der Waals surface area contributed by atoms with Crippen molar-refractivity contribution in [1.29, 1.82) is 0 Å². The fraction of sp³-hybridized carbons (Fsp3) is 0.429. The van der Waals surface area contributed by atoms with Gasteiger partial charge in [0.15, 0.2) is 0 Å². The molecular formula is C7H11N2O. The van der Waals surface area contributed by atoms with Crippen molar-refractivity contribution >= 4 is 0 Å². The van der Waals surface area contributed by atoms with Crippen molar-refractivity contribution < 1.29 is 4.74 Å². The predicted octanol–water partition coefficient (Wildman–Crippen LogP) is 1.09. The van der Waals surface area contributed by atoms with Crippen LogP contribution in [0.15, 0.2) is 6.07 Å². The molecule has 0 saturated carbocycles. The number of methoxy groups -OCH3 is 1. The van der Waals surface area contributed by atoms with Gasteiger partial charge in [0, 0.05) is 12.6 Å². The van der Waals surface area contributed by atoms with Gasteiger partial charge in [-0.25, -0.2) is 4.68 Å². The first-order chi connectivity index (χ1) is 4.77. The highest BCUT2D eigenvalue weighted by Crippen LogP contribution is 2.10.